The van der Waals surface area contributed by atoms with Gasteiger partial charge in [-0.05, 0) is 35.8 Å². The van der Waals surface area contributed by atoms with E-state index < -0.39 is 23.8 Å². The van der Waals surface area contributed by atoms with Crippen molar-refractivity contribution in [2.24, 2.45) is 0 Å². The number of carboxylic acid groups (broad SMARTS) is 1. The molecular formula is C18H11ClF3NaO3. The summed E-state index contributed by atoms with van der Waals surface area (Å²) in [5.41, 5.74) is 0.699. The molecule has 0 amide bonds. The Hall–Kier alpha value is -1.47. The summed E-state index contributed by atoms with van der Waals surface area (Å²) in [6.45, 7) is 0. The van der Waals surface area contributed by atoms with E-state index in [-0.39, 0.29) is 40.9 Å². The van der Waals surface area contributed by atoms with E-state index in [1.165, 1.54) is 12.1 Å². The molecule has 0 saturated carbocycles. The Bertz CT molecular complexity index is 851. The monoisotopic (exact) mass is 390 g/mol. The first-order valence-corrected chi connectivity index (χ1v) is 7.66. The van der Waals surface area contributed by atoms with Crippen LogP contribution in [-0.4, -0.2) is 18.2 Å². The van der Waals surface area contributed by atoms with Gasteiger partial charge in [0.2, 0.25) is 6.10 Å². The molecule has 0 bridgehead atoms. The molecule has 1 aliphatic rings. The average Bonchev–Trinajstić information content (AvgIpc) is 2.54. The first kappa shape index (κ1) is 20.8. The van der Waals surface area contributed by atoms with Crippen LogP contribution >= 0.6 is 11.6 Å². The van der Waals surface area contributed by atoms with Crippen LogP contribution in [-0.2, 0) is 11.2 Å². The van der Waals surface area contributed by atoms with Crippen molar-refractivity contribution >= 4 is 23.6 Å². The predicted octanol–water partition coefficient (Wildman–Crippen LogP) is 0.391. The molecule has 1 aliphatic heterocycles. The Morgan fingerprint density at radius 2 is 1.85 bits per heavy atom. The number of rotatable bonds is 3. The second-order valence-corrected chi connectivity index (χ2v) is 5.98. The van der Waals surface area contributed by atoms with Crippen molar-refractivity contribution < 1.29 is 57.4 Å². The van der Waals surface area contributed by atoms with Crippen molar-refractivity contribution in [2.75, 3.05) is 0 Å². The molecule has 0 fully saturated rings. The molecule has 1 heterocycles. The van der Waals surface area contributed by atoms with Gasteiger partial charge in [-0.2, -0.15) is 13.2 Å². The van der Waals surface area contributed by atoms with E-state index in [1.807, 2.05) is 30.3 Å². The maximum Gasteiger partial charge on any atom is 1.00 e. The molecule has 130 valence electrons. The van der Waals surface area contributed by atoms with Crippen molar-refractivity contribution in [2.45, 2.75) is 18.7 Å². The molecule has 0 radical (unpaired) electrons. The van der Waals surface area contributed by atoms with Gasteiger partial charge >= 0.3 is 35.7 Å². The summed E-state index contributed by atoms with van der Waals surface area (Å²) in [7, 11) is 0. The molecule has 1 atom stereocenters. The molecule has 2 aromatic rings. The van der Waals surface area contributed by atoms with Crippen molar-refractivity contribution in [1.82, 2.24) is 0 Å². The minimum absolute atomic E-state index is 0. The van der Waals surface area contributed by atoms with Crippen LogP contribution in [0.25, 0.3) is 6.08 Å². The fourth-order valence-electron chi connectivity index (χ4n) is 2.62. The molecule has 0 unspecified atom stereocenters. The van der Waals surface area contributed by atoms with E-state index in [0.29, 0.717) is 17.0 Å². The minimum Gasteiger partial charge on any atom is -0.545 e. The molecule has 0 aromatic heterocycles. The number of hydrogen-bond donors (Lipinski definition) is 0. The van der Waals surface area contributed by atoms with E-state index in [4.69, 9.17) is 16.3 Å². The summed E-state index contributed by atoms with van der Waals surface area (Å²) in [6.07, 6.45) is -6.15. The van der Waals surface area contributed by atoms with Gasteiger partial charge < -0.3 is 14.6 Å². The second kappa shape index (κ2) is 8.05. The molecule has 3 rings (SSSR count). The molecular weight excluding hydrogens is 380 g/mol. The Balaban J connectivity index is 0.00000243. The fraction of sp³-hybridized carbons (Fsp3) is 0.167. The maximum absolute atomic E-state index is 13.1. The Labute approximate surface area is 174 Å². The quantitative estimate of drug-likeness (QED) is 0.713. The Morgan fingerprint density at radius 3 is 2.42 bits per heavy atom. The van der Waals surface area contributed by atoms with E-state index in [1.54, 1.807) is 0 Å². The van der Waals surface area contributed by atoms with Crippen molar-refractivity contribution in [3.05, 3.63) is 69.8 Å². The summed E-state index contributed by atoms with van der Waals surface area (Å²) >= 11 is 6.19. The number of aliphatic carboxylic acids is 1. The number of ether oxygens (including phenoxy) is 1. The number of benzene rings is 2. The fourth-order valence-corrected chi connectivity index (χ4v) is 2.86. The third-order valence-electron chi connectivity index (χ3n) is 3.79. The molecule has 3 nitrogen and oxygen atoms in total. The number of carbonyl (C=O) groups excluding carboxylic acids is 1. The van der Waals surface area contributed by atoms with Gasteiger partial charge in [0.05, 0.1) is 5.97 Å². The minimum atomic E-state index is -4.87. The van der Waals surface area contributed by atoms with Gasteiger partial charge in [-0.3, -0.25) is 0 Å². The summed E-state index contributed by atoms with van der Waals surface area (Å²) in [5, 5.41) is 11.3. The normalized spacial score (nSPS) is 16.0. The number of carbonyl (C=O) groups is 1. The van der Waals surface area contributed by atoms with Crippen LogP contribution in [0.1, 0.15) is 16.7 Å². The van der Waals surface area contributed by atoms with Crippen LogP contribution in [0.15, 0.2) is 48.0 Å². The van der Waals surface area contributed by atoms with Gasteiger partial charge in [-0.15, -0.1) is 0 Å². The van der Waals surface area contributed by atoms with Gasteiger partial charge in [0.1, 0.15) is 5.75 Å². The summed E-state index contributed by atoms with van der Waals surface area (Å²) in [5.74, 6) is -2.00. The average molecular weight is 391 g/mol. The number of carboxylic acids is 1. The first-order valence-electron chi connectivity index (χ1n) is 7.28. The van der Waals surface area contributed by atoms with Gasteiger partial charge in [-0.1, -0.05) is 41.9 Å². The van der Waals surface area contributed by atoms with Crippen LogP contribution in [0.3, 0.4) is 0 Å². The molecule has 0 saturated heterocycles. The summed E-state index contributed by atoms with van der Waals surface area (Å²) in [4.78, 5) is 11.0. The number of fused-ring (bicyclic) bond motifs is 1. The third-order valence-corrected chi connectivity index (χ3v) is 4.14. The van der Waals surface area contributed by atoms with Crippen molar-refractivity contribution in [3.63, 3.8) is 0 Å². The van der Waals surface area contributed by atoms with Crippen molar-refractivity contribution in [1.29, 1.82) is 0 Å². The second-order valence-electron chi connectivity index (χ2n) is 5.57. The first-order chi connectivity index (χ1) is 11.8. The van der Waals surface area contributed by atoms with E-state index >= 15 is 0 Å². The molecule has 0 spiro atoms. The molecule has 2 aromatic carbocycles. The van der Waals surface area contributed by atoms with Crippen LogP contribution in [0.5, 0.6) is 5.75 Å². The zero-order chi connectivity index (χ0) is 18.2. The van der Waals surface area contributed by atoms with E-state index in [2.05, 4.69) is 0 Å². The van der Waals surface area contributed by atoms with Gasteiger partial charge in [0, 0.05) is 16.2 Å². The van der Waals surface area contributed by atoms with Crippen LogP contribution in [0.4, 0.5) is 13.2 Å². The summed E-state index contributed by atoms with van der Waals surface area (Å²) < 4.78 is 44.2. The molecule has 26 heavy (non-hydrogen) atoms. The topological polar surface area (TPSA) is 49.4 Å². The number of halogens is 4. The van der Waals surface area contributed by atoms with E-state index in [9.17, 15) is 23.1 Å². The molecule has 0 N–H and O–H groups in total. The molecule has 0 aliphatic carbocycles. The zero-order valence-corrected chi connectivity index (χ0v) is 16.4. The van der Waals surface area contributed by atoms with Crippen LogP contribution in [0, 0.1) is 0 Å². The standard InChI is InChI=1S/C18H12ClF3O3.Na/c19-14-8-12-7-13(17(23)24)16(18(20,21)22)25-15(12)9-11(14)6-10-4-2-1-3-5-10;/h1-5,7-9,16H,6H2,(H,23,24);/q;+1/p-1/t16-;/m1./s1. The van der Waals surface area contributed by atoms with Gasteiger partial charge in [0.25, 0.3) is 0 Å². The number of hydrogen-bond acceptors (Lipinski definition) is 3. The Morgan fingerprint density at radius 1 is 1.19 bits per heavy atom. The van der Waals surface area contributed by atoms with Crippen LogP contribution in [0.2, 0.25) is 5.02 Å². The van der Waals surface area contributed by atoms with Crippen molar-refractivity contribution in [3.8, 4) is 5.75 Å². The Kier molecular flexibility index (Phi) is 6.45. The number of alkyl halides is 3. The maximum atomic E-state index is 13.1. The SMILES string of the molecule is O=C([O-])C1=Cc2cc(Cl)c(Cc3ccccc3)cc2O[C@H]1C(F)(F)F.[Na+]. The zero-order valence-electron chi connectivity index (χ0n) is 13.6. The third kappa shape index (κ3) is 4.43. The smallest absolute Gasteiger partial charge is 0.545 e. The largest absolute Gasteiger partial charge is 1.00 e. The van der Waals surface area contributed by atoms with E-state index in [0.717, 1.165) is 11.6 Å². The van der Waals surface area contributed by atoms with Gasteiger partial charge in [0.15, 0.2) is 0 Å². The van der Waals surface area contributed by atoms with Gasteiger partial charge in [-0.25, -0.2) is 0 Å². The summed E-state index contributed by atoms with van der Waals surface area (Å²) in [6, 6.07) is 12.1. The van der Waals surface area contributed by atoms with Crippen LogP contribution < -0.4 is 39.4 Å². The molecule has 8 heteroatoms. The predicted molar refractivity (Wildman–Crippen MR) is 84.2 cm³/mol.